The van der Waals surface area contributed by atoms with E-state index in [2.05, 4.69) is 33.6 Å². The molecule has 0 spiro atoms. The Balaban J connectivity index is 1.98. The fourth-order valence-corrected chi connectivity index (χ4v) is 2.08. The first-order valence-electron chi connectivity index (χ1n) is 7.70. The first-order chi connectivity index (χ1) is 11.1. The second kappa shape index (κ2) is 8.24. The van der Waals surface area contributed by atoms with Crippen molar-refractivity contribution in [3.05, 3.63) is 47.9 Å². The van der Waals surface area contributed by atoms with Gasteiger partial charge in [-0.05, 0) is 32.1 Å². The summed E-state index contributed by atoms with van der Waals surface area (Å²) < 4.78 is 0. The number of nitrogens with zero attached hydrogens (tertiary/aromatic N) is 3. The SMILES string of the molecule is CCc1ccccc1Nc1cnc(C(=O)NCCN(C)C)cn1. The molecule has 0 aliphatic heterocycles. The zero-order valence-electron chi connectivity index (χ0n) is 13.8. The van der Waals surface area contributed by atoms with Gasteiger partial charge in [0.15, 0.2) is 0 Å². The molecule has 122 valence electrons. The summed E-state index contributed by atoms with van der Waals surface area (Å²) in [5.74, 6) is 0.413. The molecule has 23 heavy (non-hydrogen) atoms. The van der Waals surface area contributed by atoms with E-state index >= 15 is 0 Å². The van der Waals surface area contributed by atoms with Crippen LogP contribution in [-0.2, 0) is 6.42 Å². The van der Waals surface area contributed by atoms with Crippen molar-refractivity contribution in [2.24, 2.45) is 0 Å². The van der Waals surface area contributed by atoms with Gasteiger partial charge in [0, 0.05) is 18.8 Å². The quantitative estimate of drug-likeness (QED) is 0.819. The van der Waals surface area contributed by atoms with Crippen LogP contribution in [0.25, 0.3) is 0 Å². The summed E-state index contributed by atoms with van der Waals surface area (Å²) >= 11 is 0. The Hall–Kier alpha value is -2.47. The summed E-state index contributed by atoms with van der Waals surface area (Å²) in [6.45, 7) is 3.47. The van der Waals surface area contributed by atoms with Gasteiger partial charge < -0.3 is 15.5 Å². The molecule has 1 heterocycles. The maximum atomic E-state index is 11.9. The van der Waals surface area contributed by atoms with Crippen molar-refractivity contribution in [2.45, 2.75) is 13.3 Å². The normalized spacial score (nSPS) is 10.6. The van der Waals surface area contributed by atoms with Crippen LogP contribution in [-0.4, -0.2) is 48.0 Å². The van der Waals surface area contributed by atoms with Crippen molar-refractivity contribution in [3.8, 4) is 0 Å². The van der Waals surface area contributed by atoms with Crippen LogP contribution in [0.2, 0.25) is 0 Å². The van der Waals surface area contributed by atoms with E-state index in [1.165, 1.54) is 11.8 Å². The Labute approximate surface area is 137 Å². The standard InChI is InChI=1S/C17H23N5O/c1-4-13-7-5-6-8-14(13)21-16-12-19-15(11-20-16)17(23)18-9-10-22(2)3/h5-8,11-12H,4,9-10H2,1-3H3,(H,18,23)(H,20,21). The zero-order valence-corrected chi connectivity index (χ0v) is 13.8. The molecule has 2 rings (SSSR count). The number of nitrogens with one attached hydrogen (secondary N) is 2. The number of aryl methyl sites for hydroxylation is 1. The number of aromatic nitrogens is 2. The molecule has 0 radical (unpaired) electrons. The summed E-state index contributed by atoms with van der Waals surface area (Å²) in [7, 11) is 3.92. The molecule has 6 nitrogen and oxygen atoms in total. The zero-order chi connectivity index (χ0) is 16.7. The number of carbonyl (C=O) groups excluding carboxylic acids is 1. The summed E-state index contributed by atoms with van der Waals surface area (Å²) in [6.07, 6.45) is 4.00. The molecule has 0 saturated heterocycles. The molecule has 0 aliphatic carbocycles. The van der Waals surface area contributed by atoms with Gasteiger partial charge in [-0.3, -0.25) is 4.79 Å². The molecule has 1 amide bonds. The van der Waals surface area contributed by atoms with Crippen LogP contribution in [0, 0.1) is 0 Å². The molecule has 0 aliphatic rings. The van der Waals surface area contributed by atoms with Gasteiger partial charge in [-0.2, -0.15) is 0 Å². The monoisotopic (exact) mass is 313 g/mol. The fraction of sp³-hybridized carbons (Fsp3) is 0.353. The van der Waals surface area contributed by atoms with Crippen molar-refractivity contribution in [3.63, 3.8) is 0 Å². The summed E-state index contributed by atoms with van der Waals surface area (Å²) in [6, 6.07) is 8.06. The van der Waals surface area contributed by atoms with Crippen LogP contribution >= 0.6 is 0 Å². The molecule has 6 heteroatoms. The number of para-hydroxylation sites is 1. The molecular formula is C17H23N5O. The van der Waals surface area contributed by atoms with E-state index in [9.17, 15) is 4.79 Å². The number of carbonyl (C=O) groups is 1. The lowest BCUT2D eigenvalue weighted by Gasteiger charge is -2.11. The van der Waals surface area contributed by atoms with Crippen LogP contribution in [0.15, 0.2) is 36.7 Å². The predicted octanol–water partition coefficient (Wildman–Crippen LogP) is 2.07. The Morgan fingerprint density at radius 3 is 2.61 bits per heavy atom. The smallest absolute Gasteiger partial charge is 0.271 e. The summed E-state index contributed by atoms with van der Waals surface area (Å²) in [4.78, 5) is 22.4. The van der Waals surface area contributed by atoms with E-state index in [0.29, 0.717) is 18.1 Å². The van der Waals surface area contributed by atoms with Gasteiger partial charge in [0.2, 0.25) is 0 Å². The molecule has 1 aromatic carbocycles. The molecule has 0 saturated carbocycles. The lowest BCUT2D eigenvalue weighted by atomic mass is 10.1. The average molecular weight is 313 g/mol. The number of hydrogen-bond donors (Lipinski definition) is 2. The van der Waals surface area contributed by atoms with E-state index in [4.69, 9.17) is 0 Å². The molecule has 1 aromatic heterocycles. The summed E-state index contributed by atoms with van der Waals surface area (Å²) in [5, 5.41) is 6.05. The van der Waals surface area contributed by atoms with Crippen molar-refractivity contribution >= 4 is 17.4 Å². The summed E-state index contributed by atoms with van der Waals surface area (Å²) in [5.41, 5.74) is 2.53. The Morgan fingerprint density at radius 2 is 1.96 bits per heavy atom. The van der Waals surface area contributed by atoms with Crippen molar-refractivity contribution in [2.75, 3.05) is 32.5 Å². The molecule has 0 fully saturated rings. The largest absolute Gasteiger partial charge is 0.349 e. The Kier molecular flexibility index (Phi) is 6.05. The third kappa shape index (κ3) is 5.03. The first kappa shape index (κ1) is 16.9. The van der Waals surface area contributed by atoms with E-state index in [-0.39, 0.29) is 5.91 Å². The van der Waals surface area contributed by atoms with Crippen LogP contribution in [0.1, 0.15) is 23.0 Å². The molecule has 0 unspecified atom stereocenters. The lowest BCUT2D eigenvalue weighted by Crippen LogP contribution is -2.31. The van der Waals surface area contributed by atoms with E-state index in [1.807, 2.05) is 37.2 Å². The van der Waals surface area contributed by atoms with Gasteiger partial charge >= 0.3 is 0 Å². The van der Waals surface area contributed by atoms with Crippen LogP contribution in [0.5, 0.6) is 0 Å². The topological polar surface area (TPSA) is 70.2 Å². The Bertz CT molecular complexity index is 640. The predicted molar refractivity (Wildman–Crippen MR) is 92.0 cm³/mol. The van der Waals surface area contributed by atoms with Gasteiger partial charge in [-0.25, -0.2) is 9.97 Å². The maximum absolute atomic E-state index is 11.9. The number of amides is 1. The van der Waals surface area contributed by atoms with Crippen molar-refractivity contribution in [1.29, 1.82) is 0 Å². The van der Waals surface area contributed by atoms with E-state index < -0.39 is 0 Å². The highest BCUT2D eigenvalue weighted by Gasteiger charge is 2.08. The highest BCUT2D eigenvalue weighted by atomic mass is 16.1. The minimum atomic E-state index is -0.208. The van der Waals surface area contributed by atoms with Gasteiger partial charge in [0.25, 0.3) is 5.91 Å². The van der Waals surface area contributed by atoms with Gasteiger partial charge in [-0.1, -0.05) is 25.1 Å². The van der Waals surface area contributed by atoms with Gasteiger partial charge in [-0.15, -0.1) is 0 Å². The molecular weight excluding hydrogens is 290 g/mol. The number of benzene rings is 1. The highest BCUT2D eigenvalue weighted by Crippen LogP contribution is 2.19. The third-order valence-corrected chi connectivity index (χ3v) is 3.39. The number of likely N-dealkylation sites (N-methyl/N-ethyl adjacent to an activating group) is 1. The van der Waals surface area contributed by atoms with Crippen LogP contribution in [0.4, 0.5) is 11.5 Å². The Morgan fingerprint density at radius 1 is 1.17 bits per heavy atom. The van der Waals surface area contributed by atoms with Crippen molar-refractivity contribution in [1.82, 2.24) is 20.2 Å². The highest BCUT2D eigenvalue weighted by molar-refractivity contribution is 5.92. The maximum Gasteiger partial charge on any atom is 0.271 e. The van der Waals surface area contributed by atoms with Crippen LogP contribution in [0.3, 0.4) is 0 Å². The second-order valence-corrected chi connectivity index (χ2v) is 5.48. The third-order valence-electron chi connectivity index (χ3n) is 3.39. The lowest BCUT2D eigenvalue weighted by molar-refractivity contribution is 0.0945. The molecule has 2 aromatic rings. The van der Waals surface area contributed by atoms with Crippen LogP contribution < -0.4 is 10.6 Å². The van der Waals surface area contributed by atoms with E-state index in [0.717, 1.165) is 18.7 Å². The second-order valence-electron chi connectivity index (χ2n) is 5.48. The molecule has 0 atom stereocenters. The number of rotatable bonds is 7. The number of anilines is 2. The van der Waals surface area contributed by atoms with E-state index in [1.54, 1.807) is 6.20 Å². The minimum absolute atomic E-state index is 0.208. The number of hydrogen-bond acceptors (Lipinski definition) is 5. The average Bonchev–Trinajstić information content (AvgIpc) is 2.55. The fourth-order valence-electron chi connectivity index (χ4n) is 2.08. The van der Waals surface area contributed by atoms with Gasteiger partial charge in [0.05, 0.1) is 12.4 Å². The molecule has 2 N–H and O–H groups in total. The minimum Gasteiger partial charge on any atom is -0.349 e. The molecule has 0 bridgehead atoms. The van der Waals surface area contributed by atoms with Crippen molar-refractivity contribution < 1.29 is 4.79 Å². The van der Waals surface area contributed by atoms with Gasteiger partial charge in [0.1, 0.15) is 11.5 Å². The first-order valence-corrected chi connectivity index (χ1v) is 7.70.